The second-order valence-corrected chi connectivity index (χ2v) is 5.60. The highest BCUT2D eigenvalue weighted by molar-refractivity contribution is 9.10. The quantitative estimate of drug-likeness (QED) is 0.661. The van der Waals surface area contributed by atoms with Gasteiger partial charge in [0.15, 0.2) is 0 Å². The van der Waals surface area contributed by atoms with E-state index in [0.717, 1.165) is 9.37 Å². The van der Waals surface area contributed by atoms with Crippen molar-refractivity contribution < 1.29 is 9.90 Å². The van der Waals surface area contributed by atoms with Gasteiger partial charge < -0.3 is 10.8 Å². The molecule has 0 fully saturated rings. The molecule has 0 bridgehead atoms. The van der Waals surface area contributed by atoms with Crippen LogP contribution in [0.2, 0.25) is 0 Å². The Bertz CT molecular complexity index is 370. The summed E-state index contributed by atoms with van der Waals surface area (Å²) in [6, 6.07) is 5.60. The Hall–Kier alpha value is -0.680. The first-order valence-corrected chi connectivity index (χ1v) is 6.10. The average molecular weight is 290 g/mol. The van der Waals surface area contributed by atoms with E-state index in [9.17, 15) is 4.79 Å². The lowest BCUT2D eigenvalue weighted by atomic mass is 10.3. The van der Waals surface area contributed by atoms with Crippen molar-refractivity contribution in [2.45, 2.75) is 23.5 Å². The smallest absolute Gasteiger partial charge is 0.304 e. The minimum Gasteiger partial charge on any atom is -0.481 e. The van der Waals surface area contributed by atoms with Crippen molar-refractivity contribution in [1.82, 2.24) is 0 Å². The number of carboxylic acids is 1. The molecule has 0 radical (unpaired) electrons. The van der Waals surface area contributed by atoms with Gasteiger partial charge in [-0.15, -0.1) is 11.8 Å². The number of anilines is 1. The zero-order valence-electron chi connectivity index (χ0n) is 8.24. The molecule has 0 aromatic heterocycles. The third-order valence-electron chi connectivity index (χ3n) is 1.76. The van der Waals surface area contributed by atoms with Gasteiger partial charge in [-0.05, 0) is 18.2 Å². The summed E-state index contributed by atoms with van der Waals surface area (Å²) in [5, 5.41) is 8.64. The fraction of sp³-hybridized carbons (Fsp3) is 0.300. The molecule has 0 aliphatic rings. The number of benzene rings is 1. The van der Waals surface area contributed by atoms with Crippen molar-refractivity contribution in [3.63, 3.8) is 0 Å². The van der Waals surface area contributed by atoms with Crippen molar-refractivity contribution in [3.05, 3.63) is 22.7 Å². The average Bonchev–Trinajstić information content (AvgIpc) is 2.08. The monoisotopic (exact) mass is 289 g/mol. The molecule has 82 valence electrons. The molecule has 3 N–H and O–H groups in total. The Kier molecular flexibility index (Phi) is 4.47. The van der Waals surface area contributed by atoms with E-state index in [4.69, 9.17) is 10.8 Å². The van der Waals surface area contributed by atoms with Crippen LogP contribution in [0.5, 0.6) is 0 Å². The summed E-state index contributed by atoms with van der Waals surface area (Å²) in [6.07, 6.45) is 0.139. The van der Waals surface area contributed by atoms with E-state index in [2.05, 4.69) is 15.9 Å². The zero-order valence-corrected chi connectivity index (χ0v) is 10.6. The molecule has 5 heteroatoms. The molecule has 1 aromatic carbocycles. The summed E-state index contributed by atoms with van der Waals surface area (Å²) in [4.78, 5) is 11.4. The molecule has 1 aromatic rings. The van der Waals surface area contributed by atoms with Gasteiger partial charge in [0.1, 0.15) is 0 Å². The lowest BCUT2D eigenvalue weighted by molar-refractivity contribution is -0.136. The van der Waals surface area contributed by atoms with Crippen molar-refractivity contribution >= 4 is 39.3 Å². The number of rotatable bonds is 4. The number of thioether (sulfide) groups is 1. The van der Waals surface area contributed by atoms with Gasteiger partial charge in [-0.2, -0.15) is 0 Å². The molecule has 0 spiro atoms. The van der Waals surface area contributed by atoms with Gasteiger partial charge in [0.05, 0.1) is 6.42 Å². The van der Waals surface area contributed by atoms with Gasteiger partial charge in [0.2, 0.25) is 0 Å². The Morgan fingerprint density at radius 2 is 2.33 bits per heavy atom. The van der Waals surface area contributed by atoms with Crippen LogP contribution in [0, 0.1) is 0 Å². The van der Waals surface area contributed by atoms with E-state index < -0.39 is 5.97 Å². The number of nitrogens with two attached hydrogens (primary N) is 1. The number of carboxylic acid groups (broad SMARTS) is 1. The van der Waals surface area contributed by atoms with Gasteiger partial charge in [-0.3, -0.25) is 4.79 Å². The first-order valence-electron chi connectivity index (χ1n) is 4.42. The highest BCUT2D eigenvalue weighted by Crippen LogP contribution is 2.31. The summed E-state index contributed by atoms with van der Waals surface area (Å²) in [6.45, 7) is 1.88. The minimum absolute atomic E-state index is 0.0194. The molecule has 0 saturated carbocycles. The molecule has 0 saturated heterocycles. The maximum absolute atomic E-state index is 10.5. The van der Waals surface area contributed by atoms with Crippen LogP contribution in [0.3, 0.4) is 0 Å². The summed E-state index contributed by atoms with van der Waals surface area (Å²) in [5.74, 6) is -0.786. The summed E-state index contributed by atoms with van der Waals surface area (Å²) in [7, 11) is 0. The number of halogens is 1. The van der Waals surface area contributed by atoms with Crippen LogP contribution in [0.25, 0.3) is 0 Å². The Balaban J connectivity index is 2.68. The van der Waals surface area contributed by atoms with Crippen molar-refractivity contribution in [2.75, 3.05) is 5.73 Å². The normalized spacial score (nSPS) is 12.4. The number of nitrogen functional groups attached to an aromatic ring is 1. The number of carbonyl (C=O) groups is 1. The lowest BCUT2D eigenvalue weighted by Gasteiger charge is -2.10. The number of hydrogen-bond acceptors (Lipinski definition) is 3. The first-order chi connectivity index (χ1) is 6.99. The van der Waals surface area contributed by atoms with Crippen molar-refractivity contribution in [3.8, 4) is 0 Å². The molecular formula is C10H12BrNO2S. The Morgan fingerprint density at radius 3 is 2.87 bits per heavy atom. The SMILES string of the molecule is CC(CC(=O)O)Sc1ccc(Br)cc1N. The van der Waals surface area contributed by atoms with Crippen LogP contribution in [0.4, 0.5) is 5.69 Å². The van der Waals surface area contributed by atoms with E-state index in [1.54, 1.807) is 0 Å². The largest absolute Gasteiger partial charge is 0.481 e. The third kappa shape index (κ3) is 4.13. The predicted molar refractivity (Wildman–Crippen MR) is 66.1 cm³/mol. The van der Waals surface area contributed by atoms with Crippen LogP contribution in [-0.4, -0.2) is 16.3 Å². The van der Waals surface area contributed by atoms with Crippen LogP contribution >= 0.6 is 27.7 Å². The van der Waals surface area contributed by atoms with Crippen LogP contribution < -0.4 is 5.73 Å². The highest BCUT2D eigenvalue weighted by Gasteiger charge is 2.10. The fourth-order valence-corrected chi connectivity index (χ4v) is 2.51. The first kappa shape index (κ1) is 12.4. The Morgan fingerprint density at radius 1 is 1.67 bits per heavy atom. The number of aliphatic carboxylic acids is 1. The van der Waals surface area contributed by atoms with Crippen LogP contribution in [0.15, 0.2) is 27.6 Å². The second-order valence-electron chi connectivity index (χ2n) is 3.21. The molecule has 1 rings (SSSR count). The third-order valence-corrected chi connectivity index (χ3v) is 3.45. The molecule has 0 amide bonds. The summed E-state index contributed by atoms with van der Waals surface area (Å²) >= 11 is 4.80. The van der Waals surface area contributed by atoms with E-state index in [1.807, 2.05) is 25.1 Å². The molecule has 1 unspecified atom stereocenters. The van der Waals surface area contributed by atoms with E-state index >= 15 is 0 Å². The second kappa shape index (κ2) is 5.42. The maximum atomic E-state index is 10.5. The molecule has 0 aliphatic carbocycles. The number of hydrogen-bond donors (Lipinski definition) is 2. The molecule has 0 aliphatic heterocycles. The Labute approximate surface area is 101 Å². The zero-order chi connectivity index (χ0) is 11.4. The van der Waals surface area contributed by atoms with E-state index in [-0.39, 0.29) is 11.7 Å². The lowest BCUT2D eigenvalue weighted by Crippen LogP contribution is -2.05. The van der Waals surface area contributed by atoms with Crippen LogP contribution in [0.1, 0.15) is 13.3 Å². The van der Waals surface area contributed by atoms with Crippen molar-refractivity contribution in [2.24, 2.45) is 0 Å². The van der Waals surface area contributed by atoms with Gasteiger partial charge in [-0.25, -0.2) is 0 Å². The van der Waals surface area contributed by atoms with Crippen LogP contribution in [-0.2, 0) is 4.79 Å². The maximum Gasteiger partial charge on any atom is 0.304 e. The topological polar surface area (TPSA) is 63.3 Å². The minimum atomic E-state index is -0.786. The van der Waals surface area contributed by atoms with Crippen molar-refractivity contribution in [1.29, 1.82) is 0 Å². The fourth-order valence-electron chi connectivity index (χ4n) is 1.13. The van der Waals surface area contributed by atoms with E-state index in [1.165, 1.54) is 11.8 Å². The summed E-state index contributed by atoms with van der Waals surface area (Å²) < 4.78 is 0.926. The predicted octanol–water partition coefficient (Wildman–Crippen LogP) is 2.99. The van der Waals surface area contributed by atoms with Gasteiger partial charge in [-0.1, -0.05) is 22.9 Å². The molecule has 0 heterocycles. The van der Waals surface area contributed by atoms with Gasteiger partial charge in [0.25, 0.3) is 0 Å². The van der Waals surface area contributed by atoms with Gasteiger partial charge >= 0.3 is 5.97 Å². The molecule has 15 heavy (non-hydrogen) atoms. The summed E-state index contributed by atoms with van der Waals surface area (Å²) in [5.41, 5.74) is 6.48. The molecule has 3 nitrogen and oxygen atoms in total. The van der Waals surface area contributed by atoms with Gasteiger partial charge in [0, 0.05) is 20.3 Å². The van der Waals surface area contributed by atoms with E-state index in [0.29, 0.717) is 5.69 Å². The highest BCUT2D eigenvalue weighted by atomic mass is 79.9. The molecule has 1 atom stereocenters. The molecular weight excluding hydrogens is 278 g/mol. The standard InChI is InChI=1S/C10H12BrNO2S/c1-6(4-10(13)14)15-9-3-2-7(11)5-8(9)12/h2-3,5-6H,4,12H2,1H3,(H,13,14).